The number of hydrogen-bond donors (Lipinski definition) is 3. The van der Waals surface area contributed by atoms with Gasteiger partial charge < -0.3 is 21.1 Å². The molecule has 1 saturated heterocycles. The summed E-state index contributed by atoms with van der Waals surface area (Å²) in [5, 5.41) is 11.7. The molecule has 0 spiro atoms. The first-order valence-corrected chi connectivity index (χ1v) is 14.2. The van der Waals surface area contributed by atoms with E-state index in [1.54, 1.807) is 4.90 Å². The lowest BCUT2D eigenvalue weighted by Gasteiger charge is -2.34. The minimum Gasteiger partial charge on any atom is -0.465 e. The number of carboxylic acid groups (broad SMARTS) is 1. The number of carbonyl (C=O) groups excluding carboxylic acids is 1. The Labute approximate surface area is 230 Å². The summed E-state index contributed by atoms with van der Waals surface area (Å²) in [4.78, 5) is 26.9. The number of hydrogen-bond acceptors (Lipinski definition) is 6. The summed E-state index contributed by atoms with van der Waals surface area (Å²) in [6, 6.07) is 4.72. The van der Waals surface area contributed by atoms with Gasteiger partial charge in [0.2, 0.25) is 0 Å². The van der Waals surface area contributed by atoms with Gasteiger partial charge in [-0.3, -0.25) is 9.69 Å². The van der Waals surface area contributed by atoms with Crippen LogP contribution >= 0.6 is 27.5 Å². The summed E-state index contributed by atoms with van der Waals surface area (Å²) in [6.45, 7) is 1.70. The molecule has 38 heavy (non-hydrogen) atoms. The fourth-order valence-electron chi connectivity index (χ4n) is 4.04. The van der Waals surface area contributed by atoms with Crippen molar-refractivity contribution in [3.8, 4) is 0 Å². The summed E-state index contributed by atoms with van der Waals surface area (Å²) in [5.41, 5.74) is 4.35. The van der Waals surface area contributed by atoms with Gasteiger partial charge in [0.15, 0.2) is 9.84 Å². The number of nitrogen functional groups attached to an aromatic ring is 1. The molecule has 0 unspecified atom stereocenters. The lowest BCUT2D eigenvalue weighted by molar-refractivity contribution is -0.138. The Morgan fingerprint density at radius 1 is 1.18 bits per heavy atom. The largest absolute Gasteiger partial charge is 0.465 e. The average molecular weight is 642 g/mol. The highest BCUT2D eigenvalue weighted by Gasteiger charge is 2.37. The predicted molar refractivity (Wildman–Crippen MR) is 139 cm³/mol. The minimum atomic E-state index is -4.82. The van der Waals surface area contributed by atoms with Crippen molar-refractivity contribution in [2.75, 3.05) is 37.7 Å². The second-order valence-electron chi connectivity index (χ2n) is 8.56. The second-order valence-corrected chi connectivity index (χ2v) is 12.0. The zero-order valence-electron chi connectivity index (χ0n) is 20.1. The van der Waals surface area contributed by atoms with Crippen molar-refractivity contribution in [1.82, 2.24) is 15.1 Å². The van der Waals surface area contributed by atoms with Gasteiger partial charge in [0.05, 0.1) is 27.5 Å². The third kappa shape index (κ3) is 6.71. The maximum Gasteiger partial charge on any atom is 0.416 e. The first-order valence-electron chi connectivity index (χ1n) is 11.3. The van der Waals surface area contributed by atoms with Gasteiger partial charge in [-0.15, -0.1) is 0 Å². The van der Waals surface area contributed by atoms with Crippen LogP contribution in [-0.4, -0.2) is 67.3 Å². The van der Waals surface area contributed by atoms with Crippen LogP contribution in [0.25, 0.3) is 0 Å². The maximum atomic E-state index is 14.1. The van der Waals surface area contributed by atoms with Crippen LogP contribution in [0.4, 0.5) is 23.7 Å². The molecule has 2 amide bonds. The topological polar surface area (TPSA) is 133 Å². The Bertz CT molecular complexity index is 1350. The number of carbonyl (C=O) groups is 2. The van der Waals surface area contributed by atoms with Crippen LogP contribution in [0, 0.1) is 0 Å². The molecular weight excluding hydrogens is 617 g/mol. The van der Waals surface area contributed by atoms with Crippen molar-refractivity contribution in [2.45, 2.75) is 31.1 Å². The lowest BCUT2D eigenvalue weighted by atomic mass is 10.00. The molecule has 0 aliphatic carbocycles. The molecule has 1 aliphatic heterocycles. The van der Waals surface area contributed by atoms with Crippen molar-refractivity contribution >= 4 is 55.1 Å². The standard InChI is InChI=1S/C23H25BrClF3N4O5S/c1-2-38(36,37)18-4-3-14(25)9-13(18)11-30-21(33)15-10-17(23(26,27)28)16(19(24)20(15)29)12-31-5-7-32(8-6-31)22(34)35/h3-4,9-10H,2,5-8,11-12,29H2,1H3,(H,30,33)(H,34,35). The summed E-state index contributed by atoms with van der Waals surface area (Å²) in [6.07, 6.45) is -5.92. The van der Waals surface area contributed by atoms with Crippen molar-refractivity contribution in [3.05, 3.63) is 56.0 Å². The normalized spacial score (nSPS) is 14.9. The molecule has 0 aromatic heterocycles. The summed E-state index contributed by atoms with van der Waals surface area (Å²) in [5.74, 6) is -1.13. The molecule has 2 aromatic rings. The van der Waals surface area contributed by atoms with Crippen LogP contribution in [0.5, 0.6) is 0 Å². The summed E-state index contributed by atoms with van der Waals surface area (Å²) >= 11 is 9.11. The molecule has 0 bridgehead atoms. The van der Waals surface area contributed by atoms with Gasteiger partial charge in [0.1, 0.15) is 0 Å². The Morgan fingerprint density at radius 3 is 2.37 bits per heavy atom. The van der Waals surface area contributed by atoms with Gasteiger partial charge in [-0.05, 0) is 51.3 Å². The highest BCUT2D eigenvalue weighted by atomic mass is 79.9. The van der Waals surface area contributed by atoms with E-state index in [0.717, 1.165) is 0 Å². The van der Waals surface area contributed by atoms with E-state index in [1.165, 1.54) is 30.0 Å². The van der Waals surface area contributed by atoms with E-state index in [1.807, 2.05) is 0 Å². The van der Waals surface area contributed by atoms with Crippen molar-refractivity contribution in [1.29, 1.82) is 0 Å². The third-order valence-electron chi connectivity index (χ3n) is 6.16. The highest BCUT2D eigenvalue weighted by molar-refractivity contribution is 9.10. The van der Waals surface area contributed by atoms with Crippen molar-refractivity contribution in [3.63, 3.8) is 0 Å². The fraction of sp³-hybridized carbons (Fsp3) is 0.391. The fourth-order valence-corrected chi connectivity index (χ4v) is 5.90. The molecule has 2 aromatic carbocycles. The molecule has 0 radical (unpaired) electrons. The highest BCUT2D eigenvalue weighted by Crippen LogP contribution is 2.40. The lowest BCUT2D eigenvalue weighted by Crippen LogP contribution is -2.48. The number of nitrogens with zero attached hydrogens (tertiary/aromatic N) is 2. The molecule has 4 N–H and O–H groups in total. The number of nitrogens with one attached hydrogen (secondary N) is 1. The molecule has 1 fully saturated rings. The molecule has 3 rings (SSSR count). The quantitative estimate of drug-likeness (QED) is 0.386. The second kappa shape index (κ2) is 11.7. The third-order valence-corrected chi connectivity index (χ3v) is 9.13. The number of piperazine rings is 1. The van der Waals surface area contributed by atoms with Gasteiger partial charge in [-0.25, -0.2) is 13.2 Å². The number of rotatable bonds is 7. The Morgan fingerprint density at radius 2 is 1.82 bits per heavy atom. The molecule has 0 atom stereocenters. The molecule has 15 heteroatoms. The van der Waals surface area contributed by atoms with Gasteiger partial charge in [-0.2, -0.15) is 13.2 Å². The van der Waals surface area contributed by atoms with Crippen molar-refractivity contribution < 1.29 is 36.3 Å². The van der Waals surface area contributed by atoms with E-state index in [0.29, 0.717) is 6.07 Å². The Kier molecular flexibility index (Phi) is 9.22. The number of benzene rings is 2. The van der Waals surface area contributed by atoms with E-state index >= 15 is 0 Å². The predicted octanol–water partition coefficient (Wildman–Crippen LogP) is 4.22. The number of alkyl halides is 3. The Hall–Kier alpha value is -2.55. The molecule has 0 saturated carbocycles. The zero-order chi connectivity index (χ0) is 28.4. The van der Waals surface area contributed by atoms with E-state index in [4.69, 9.17) is 22.4 Å². The van der Waals surface area contributed by atoms with Crippen LogP contribution < -0.4 is 11.1 Å². The number of sulfone groups is 1. The molecule has 1 aliphatic rings. The summed E-state index contributed by atoms with van der Waals surface area (Å²) in [7, 11) is -3.66. The van der Waals surface area contributed by atoms with Crippen LogP contribution in [0.3, 0.4) is 0 Å². The van der Waals surface area contributed by atoms with Gasteiger partial charge in [0.25, 0.3) is 5.91 Å². The van der Waals surface area contributed by atoms with E-state index in [9.17, 15) is 31.2 Å². The van der Waals surface area contributed by atoms with E-state index in [2.05, 4.69) is 21.2 Å². The van der Waals surface area contributed by atoms with Crippen LogP contribution in [0.1, 0.15) is 34.0 Å². The molecule has 9 nitrogen and oxygen atoms in total. The van der Waals surface area contributed by atoms with Crippen molar-refractivity contribution in [2.24, 2.45) is 0 Å². The monoisotopic (exact) mass is 640 g/mol. The molecule has 1 heterocycles. The number of nitrogens with two attached hydrogens (primary N) is 1. The Balaban J connectivity index is 1.90. The number of amides is 2. The van der Waals surface area contributed by atoms with Gasteiger partial charge in [0, 0.05) is 48.8 Å². The van der Waals surface area contributed by atoms with E-state index in [-0.39, 0.29) is 76.2 Å². The molecular formula is C23H25BrClF3N4O5S. The van der Waals surface area contributed by atoms with Gasteiger partial charge >= 0.3 is 12.3 Å². The minimum absolute atomic E-state index is 0.0480. The van der Waals surface area contributed by atoms with Crippen LogP contribution in [0.15, 0.2) is 33.6 Å². The van der Waals surface area contributed by atoms with Crippen LogP contribution in [-0.2, 0) is 29.1 Å². The maximum absolute atomic E-state index is 14.1. The van der Waals surface area contributed by atoms with E-state index < -0.39 is 39.1 Å². The molecule has 208 valence electrons. The zero-order valence-corrected chi connectivity index (χ0v) is 23.3. The SMILES string of the molecule is CCS(=O)(=O)c1ccc(Cl)cc1CNC(=O)c1cc(C(F)(F)F)c(CN2CCN(C(=O)O)CC2)c(Br)c1N. The van der Waals surface area contributed by atoms with Gasteiger partial charge in [-0.1, -0.05) is 18.5 Å². The smallest absolute Gasteiger partial charge is 0.416 e. The number of anilines is 1. The average Bonchev–Trinajstić information content (AvgIpc) is 2.85. The number of halogens is 5. The van der Waals surface area contributed by atoms with Crippen LogP contribution in [0.2, 0.25) is 5.02 Å². The first kappa shape index (κ1) is 30.0. The summed E-state index contributed by atoms with van der Waals surface area (Å²) < 4.78 is 66.9. The first-order chi connectivity index (χ1) is 17.7.